The summed E-state index contributed by atoms with van der Waals surface area (Å²) in [5, 5.41) is 9.66. The molecule has 0 spiro atoms. The topological polar surface area (TPSA) is 49.8 Å². The quantitative estimate of drug-likeness (QED) is 0.853. The molecule has 2 fully saturated rings. The molecule has 2 aliphatic rings. The van der Waals surface area contributed by atoms with Gasteiger partial charge in [-0.05, 0) is 32.0 Å². The molecule has 4 nitrogen and oxygen atoms in total. The van der Waals surface area contributed by atoms with E-state index in [-0.39, 0.29) is 24.6 Å². The summed E-state index contributed by atoms with van der Waals surface area (Å²) in [6.45, 7) is 0.0778. The van der Waals surface area contributed by atoms with Gasteiger partial charge in [-0.3, -0.25) is 4.90 Å². The minimum atomic E-state index is -0.280. The number of nitrogens with zero attached hydrogens (tertiary/aromatic N) is 1. The normalized spacial score (nSPS) is 33.1. The van der Waals surface area contributed by atoms with Crippen molar-refractivity contribution < 1.29 is 14.6 Å². The summed E-state index contributed by atoms with van der Waals surface area (Å²) in [5.74, 6) is -0.246. The van der Waals surface area contributed by atoms with Crippen molar-refractivity contribution in [3.8, 4) is 0 Å². The van der Waals surface area contributed by atoms with Gasteiger partial charge < -0.3 is 9.84 Å². The summed E-state index contributed by atoms with van der Waals surface area (Å²) < 4.78 is 5.68. The highest BCUT2D eigenvalue weighted by Gasteiger charge is 2.46. The third kappa shape index (κ3) is 2.34. The van der Waals surface area contributed by atoms with E-state index in [1.807, 2.05) is 18.2 Å². The van der Waals surface area contributed by atoms with Crippen LogP contribution in [0.2, 0.25) is 0 Å². The first-order valence-electron chi connectivity index (χ1n) is 7.29. The fourth-order valence-electron chi connectivity index (χ4n) is 3.69. The van der Waals surface area contributed by atoms with Crippen molar-refractivity contribution in [3.05, 3.63) is 35.9 Å². The van der Waals surface area contributed by atoms with E-state index in [0.29, 0.717) is 17.6 Å². The molecule has 2 saturated heterocycles. The van der Waals surface area contributed by atoms with Gasteiger partial charge in [0.15, 0.2) is 0 Å². The molecule has 1 aromatic carbocycles. The van der Waals surface area contributed by atoms with E-state index in [4.69, 9.17) is 4.74 Å². The fourth-order valence-corrected chi connectivity index (χ4v) is 3.69. The zero-order valence-corrected chi connectivity index (χ0v) is 11.7. The molecule has 0 aliphatic carbocycles. The molecule has 0 radical (unpaired) electrons. The number of esters is 1. The lowest BCUT2D eigenvalue weighted by Gasteiger charge is -2.41. The van der Waals surface area contributed by atoms with Crippen LogP contribution in [0.15, 0.2) is 30.3 Å². The van der Waals surface area contributed by atoms with Gasteiger partial charge in [0.1, 0.15) is 6.10 Å². The van der Waals surface area contributed by atoms with Crippen LogP contribution in [0.25, 0.3) is 0 Å². The molecule has 0 amide bonds. The molecule has 2 heterocycles. The maximum absolute atomic E-state index is 12.2. The molecule has 2 bridgehead atoms. The van der Waals surface area contributed by atoms with Crippen LogP contribution in [0.4, 0.5) is 0 Å². The zero-order valence-electron chi connectivity index (χ0n) is 11.7. The molecule has 1 N–H and O–H groups in total. The molecule has 2 unspecified atom stereocenters. The monoisotopic (exact) mass is 275 g/mol. The number of aliphatic hydroxyl groups excluding tert-OH is 1. The summed E-state index contributed by atoms with van der Waals surface area (Å²) in [6, 6.07) is 9.89. The van der Waals surface area contributed by atoms with E-state index < -0.39 is 0 Å². The minimum absolute atomic E-state index is 0.0337. The van der Waals surface area contributed by atoms with Gasteiger partial charge in [0.2, 0.25) is 0 Å². The zero-order chi connectivity index (χ0) is 14.1. The van der Waals surface area contributed by atoms with E-state index in [1.165, 1.54) is 0 Å². The van der Waals surface area contributed by atoms with E-state index in [9.17, 15) is 9.90 Å². The number of piperidine rings is 1. The van der Waals surface area contributed by atoms with Crippen LogP contribution < -0.4 is 0 Å². The van der Waals surface area contributed by atoms with Gasteiger partial charge in [-0.25, -0.2) is 4.79 Å². The molecular formula is C16H21NO3. The second kappa shape index (κ2) is 5.54. The van der Waals surface area contributed by atoms with Gasteiger partial charge in [0.25, 0.3) is 0 Å². The van der Waals surface area contributed by atoms with Crippen molar-refractivity contribution in [2.24, 2.45) is 5.92 Å². The van der Waals surface area contributed by atoms with Crippen LogP contribution in [0, 0.1) is 5.92 Å². The Morgan fingerprint density at radius 1 is 1.35 bits per heavy atom. The maximum Gasteiger partial charge on any atom is 0.338 e. The smallest absolute Gasteiger partial charge is 0.338 e. The van der Waals surface area contributed by atoms with Crippen molar-refractivity contribution in [3.63, 3.8) is 0 Å². The Hall–Kier alpha value is -1.39. The average molecular weight is 275 g/mol. The largest absolute Gasteiger partial charge is 0.458 e. The van der Waals surface area contributed by atoms with Crippen LogP contribution in [0.1, 0.15) is 29.6 Å². The van der Waals surface area contributed by atoms with Crippen LogP contribution >= 0.6 is 0 Å². The molecule has 4 atom stereocenters. The Kier molecular flexibility index (Phi) is 3.76. The molecule has 0 saturated carbocycles. The molecule has 108 valence electrons. The van der Waals surface area contributed by atoms with Crippen molar-refractivity contribution >= 4 is 5.97 Å². The first-order valence-corrected chi connectivity index (χ1v) is 7.29. The van der Waals surface area contributed by atoms with Gasteiger partial charge in [-0.15, -0.1) is 0 Å². The van der Waals surface area contributed by atoms with Crippen LogP contribution in [0.5, 0.6) is 0 Å². The Bertz CT molecular complexity index is 476. The summed E-state index contributed by atoms with van der Waals surface area (Å²) >= 11 is 0. The highest BCUT2D eigenvalue weighted by atomic mass is 16.5. The van der Waals surface area contributed by atoms with Gasteiger partial charge in [0, 0.05) is 24.4 Å². The Morgan fingerprint density at radius 2 is 2.10 bits per heavy atom. The molecule has 0 aromatic heterocycles. The predicted molar refractivity (Wildman–Crippen MR) is 75.4 cm³/mol. The van der Waals surface area contributed by atoms with Gasteiger partial charge in [-0.1, -0.05) is 18.2 Å². The van der Waals surface area contributed by atoms with Crippen molar-refractivity contribution in [1.29, 1.82) is 0 Å². The van der Waals surface area contributed by atoms with E-state index in [0.717, 1.165) is 19.3 Å². The SMILES string of the molecule is CN1C2CCC1[C@@H](CO)[C@@H](OC(=O)c1ccccc1)C2. The lowest BCUT2D eigenvalue weighted by molar-refractivity contribution is -0.0493. The van der Waals surface area contributed by atoms with Crippen molar-refractivity contribution in [2.45, 2.75) is 37.5 Å². The second-order valence-electron chi connectivity index (χ2n) is 5.86. The summed E-state index contributed by atoms with van der Waals surface area (Å²) in [4.78, 5) is 14.5. The van der Waals surface area contributed by atoms with E-state index >= 15 is 0 Å². The lowest BCUT2D eigenvalue weighted by atomic mass is 9.88. The van der Waals surface area contributed by atoms with Crippen molar-refractivity contribution in [1.82, 2.24) is 4.90 Å². The second-order valence-corrected chi connectivity index (χ2v) is 5.86. The number of hydrogen-bond acceptors (Lipinski definition) is 4. The van der Waals surface area contributed by atoms with Crippen molar-refractivity contribution in [2.75, 3.05) is 13.7 Å². The number of hydrogen-bond donors (Lipinski definition) is 1. The first-order chi connectivity index (χ1) is 9.70. The maximum atomic E-state index is 12.2. The average Bonchev–Trinajstić information content (AvgIpc) is 2.73. The van der Waals surface area contributed by atoms with Crippen LogP contribution in [0.3, 0.4) is 0 Å². The number of aliphatic hydroxyl groups is 1. The number of carbonyl (C=O) groups is 1. The number of fused-ring (bicyclic) bond motifs is 2. The number of rotatable bonds is 3. The molecule has 2 aliphatic heterocycles. The van der Waals surface area contributed by atoms with Crippen LogP contribution in [-0.4, -0.2) is 47.8 Å². The van der Waals surface area contributed by atoms with Gasteiger partial charge >= 0.3 is 5.97 Å². The molecule has 3 rings (SSSR count). The molecule has 4 heteroatoms. The first kappa shape index (κ1) is 13.6. The molecule has 20 heavy (non-hydrogen) atoms. The third-order valence-corrected chi connectivity index (χ3v) is 4.85. The van der Waals surface area contributed by atoms with Gasteiger partial charge in [0.05, 0.1) is 12.2 Å². The van der Waals surface area contributed by atoms with E-state index in [2.05, 4.69) is 11.9 Å². The molecule has 1 aromatic rings. The third-order valence-electron chi connectivity index (χ3n) is 4.85. The Labute approximate surface area is 119 Å². The standard InChI is InChI=1S/C16H21NO3/c1-17-12-7-8-14(17)13(10-18)15(9-12)20-16(19)11-5-3-2-4-6-11/h2-6,12-15,18H,7-10H2,1H3/t12?,13-,14?,15+/m1/s1. The Balaban J connectivity index is 1.72. The molecular weight excluding hydrogens is 254 g/mol. The highest BCUT2D eigenvalue weighted by Crippen LogP contribution is 2.39. The van der Waals surface area contributed by atoms with Gasteiger partial charge in [-0.2, -0.15) is 0 Å². The fraction of sp³-hybridized carbons (Fsp3) is 0.562. The van der Waals surface area contributed by atoms with Crippen LogP contribution in [-0.2, 0) is 4.74 Å². The Morgan fingerprint density at radius 3 is 2.80 bits per heavy atom. The lowest BCUT2D eigenvalue weighted by Crippen LogP contribution is -2.51. The van der Waals surface area contributed by atoms with E-state index in [1.54, 1.807) is 12.1 Å². The number of benzene rings is 1. The summed E-state index contributed by atoms with van der Waals surface area (Å²) in [5.41, 5.74) is 0.579. The summed E-state index contributed by atoms with van der Waals surface area (Å²) in [7, 11) is 2.11. The number of ether oxygens (including phenoxy) is 1. The minimum Gasteiger partial charge on any atom is -0.458 e. The number of carbonyl (C=O) groups excluding carboxylic acids is 1. The summed E-state index contributed by atoms with van der Waals surface area (Å²) in [6.07, 6.45) is 2.89. The predicted octanol–water partition coefficient (Wildman–Crippen LogP) is 1.69. The highest BCUT2D eigenvalue weighted by molar-refractivity contribution is 5.89.